The molecule has 1 unspecified atom stereocenters. The summed E-state index contributed by atoms with van der Waals surface area (Å²) in [5, 5.41) is 14.1. The molecule has 3 rings (SSSR count). The van der Waals surface area contributed by atoms with Crippen molar-refractivity contribution in [2.45, 2.75) is 19.3 Å². The quantitative estimate of drug-likeness (QED) is 0.689. The Morgan fingerprint density at radius 2 is 1.96 bits per heavy atom. The zero-order valence-corrected chi connectivity index (χ0v) is 13.4. The van der Waals surface area contributed by atoms with Crippen LogP contribution in [0.2, 0.25) is 0 Å². The van der Waals surface area contributed by atoms with E-state index in [0.717, 1.165) is 24.2 Å². The van der Waals surface area contributed by atoms with Crippen LogP contribution in [0.1, 0.15) is 24.8 Å². The molecule has 2 aromatic carbocycles. The number of para-hydroxylation sites is 1. The topological polar surface area (TPSA) is 75.5 Å². The molecule has 1 heterocycles. The van der Waals surface area contributed by atoms with E-state index in [4.69, 9.17) is 0 Å². The average Bonchev–Trinajstić information content (AvgIpc) is 2.62. The van der Waals surface area contributed by atoms with Crippen LogP contribution in [0.25, 0.3) is 0 Å². The highest BCUT2D eigenvalue weighted by molar-refractivity contribution is 5.99. The third-order valence-corrected chi connectivity index (χ3v) is 4.34. The number of hydrogen-bond acceptors (Lipinski definition) is 4. The smallest absolute Gasteiger partial charge is 0.269 e. The molecule has 1 N–H and O–H groups in total. The molecule has 0 spiro atoms. The number of rotatable bonds is 4. The number of benzene rings is 2. The van der Waals surface area contributed by atoms with Crippen molar-refractivity contribution in [1.29, 1.82) is 0 Å². The van der Waals surface area contributed by atoms with Crippen molar-refractivity contribution < 1.29 is 9.72 Å². The maximum absolute atomic E-state index is 13.1. The first-order valence-corrected chi connectivity index (χ1v) is 8.00. The van der Waals surface area contributed by atoms with Crippen LogP contribution in [0.15, 0.2) is 48.5 Å². The summed E-state index contributed by atoms with van der Waals surface area (Å²) in [5.41, 5.74) is 2.72. The second-order valence-corrected chi connectivity index (χ2v) is 5.71. The van der Waals surface area contributed by atoms with Crippen LogP contribution >= 0.6 is 0 Å². The molecule has 1 amide bonds. The van der Waals surface area contributed by atoms with Crippen molar-refractivity contribution in [3.63, 3.8) is 0 Å². The molecule has 0 saturated heterocycles. The van der Waals surface area contributed by atoms with Gasteiger partial charge in [-0.05, 0) is 37.1 Å². The third kappa shape index (κ3) is 2.95. The number of likely N-dealkylation sites (N-methyl/N-ethyl adjacent to an activating group) is 1. The molecule has 1 atom stereocenters. The molecular formula is C18H19N3O3. The molecule has 24 heavy (non-hydrogen) atoms. The van der Waals surface area contributed by atoms with Crippen LogP contribution in [0.4, 0.5) is 17.1 Å². The summed E-state index contributed by atoms with van der Waals surface area (Å²) in [6, 6.07) is 14.0. The number of carbonyl (C=O) groups excluding carboxylic acids is 1. The van der Waals surface area contributed by atoms with Crippen LogP contribution in [-0.2, 0) is 4.79 Å². The van der Waals surface area contributed by atoms with Gasteiger partial charge in [0.05, 0.1) is 10.8 Å². The van der Waals surface area contributed by atoms with E-state index >= 15 is 0 Å². The highest BCUT2D eigenvalue weighted by atomic mass is 16.6. The van der Waals surface area contributed by atoms with Gasteiger partial charge in [-0.3, -0.25) is 14.9 Å². The number of amides is 1. The maximum atomic E-state index is 13.1. The van der Waals surface area contributed by atoms with E-state index in [1.54, 1.807) is 17.0 Å². The lowest BCUT2D eigenvalue weighted by atomic mass is 9.89. The molecule has 1 aliphatic heterocycles. The Hall–Kier alpha value is -2.89. The predicted octanol–water partition coefficient (Wildman–Crippen LogP) is 3.55. The first-order valence-electron chi connectivity index (χ1n) is 8.00. The van der Waals surface area contributed by atoms with Crippen molar-refractivity contribution in [2.75, 3.05) is 23.3 Å². The Morgan fingerprint density at radius 3 is 2.62 bits per heavy atom. The first-order chi connectivity index (χ1) is 11.6. The van der Waals surface area contributed by atoms with Gasteiger partial charge in [0.2, 0.25) is 5.91 Å². The summed E-state index contributed by atoms with van der Waals surface area (Å²) in [4.78, 5) is 25.1. The highest BCUT2D eigenvalue weighted by Crippen LogP contribution is 2.34. The van der Waals surface area contributed by atoms with Crippen molar-refractivity contribution >= 4 is 23.0 Å². The van der Waals surface area contributed by atoms with E-state index in [1.165, 1.54) is 12.1 Å². The summed E-state index contributed by atoms with van der Waals surface area (Å²) in [5.74, 6) is -0.169. The number of carbonyl (C=O) groups is 1. The number of hydrogen-bond donors (Lipinski definition) is 1. The molecule has 6 heteroatoms. The normalized spacial score (nSPS) is 16.0. The largest absolute Gasteiger partial charge is 0.385 e. The minimum absolute atomic E-state index is 0.0227. The van der Waals surface area contributed by atoms with Crippen LogP contribution in [0.5, 0.6) is 0 Å². The monoisotopic (exact) mass is 325 g/mol. The molecule has 1 aliphatic rings. The Labute approximate surface area is 140 Å². The average molecular weight is 325 g/mol. The van der Waals surface area contributed by atoms with Gasteiger partial charge in [-0.25, -0.2) is 0 Å². The number of nitrogens with zero attached hydrogens (tertiary/aromatic N) is 2. The van der Waals surface area contributed by atoms with Gasteiger partial charge in [-0.1, -0.05) is 18.2 Å². The van der Waals surface area contributed by atoms with Gasteiger partial charge in [-0.2, -0.15) is 0 Å². The molecule has 0 radical (unpaired) electrons. The van der Waals surface area contributed by atoms with Crippen LogP contribution < -0.4 is 10.2 Å². The van der Waals surface area contributed by atoms with E-state index < -0.39 is 4.92 Å². The molecule has 0 bridgehead atoms. The third-order valence-electron chi connectivity index (χ3n) is 4.34. The zero-order chi connectivity index (χ0) is 17.1. The molecule has 0 saturated carbocycles. The molecule has 0 aromatic heterocycles. The lowest BCUT2D eigenvalue weighted by Gasteiger charge is -2.31. The van der Waals surface area contributed by atoms with E-state index in [0.29, 0.717) is 12.2 Å². The summed E-state index contributed by atoms with van der Waals surface area (Å²) < 4.78 is 0. The van der Waals surface area contributed by atoms with Gasteiger partial charge < -0.3 is 10.2 Å². The molecule has 0 aliphatic carbocycles. The van der Waals surface area contributed by atoms with Crippen LogP contribution in [-0.4, -0.2) is 23.9 Å². The Morgan fingerprint density at radius 1 is 1.25 bits per heavy atom. The van der Waals surface area contributed by atoms with Gasteiger partial charge in [0, 0.05) is 36.6 Å². The van der Waals surface area contributed by atoms with E-state index in [9.17, 15) is 14.9 Å². The van der Waals surface area contributed by atoms with Crippen molar-refractivity contribution in [3.8, 4) is 0 Å². The van der Waals surface area contributed by atoms with Crippen molar-refractivity contribution in [1.82, 2.24) is 0 Å². The maximum Gasteiger partial charge on any atom is 0.269 e. The molecule has 124 valence electrons. The molecular weight excluding hydrogens is 306 g/mol. The minimum Gasteiger partial charge on any atom is -0.385 e. The zero-order valence-electron chi connectivity index (χ0n) is 13.4. The Kier molecular flexibility index (Phi) is 4.46. The Balaban J connectivity index is 1.89. The lowest BCUT2D eigenvalue weighted by Crippen LogP contribution is -2.37. The fourth-order valence-corrected chi connectivity index (χ4v) is 3.13. The van der Waals surface area contributed by atoms with Crippen molar-refractivity contribution in [2.24, 2.45) is 0 Å². The van der Waals surface area contributed by atoms with Gasteiger partial charge in [0.15, 0.2) is 0 Å². The number of nitro groups is 1. The minimum atomic E-state index is -0.440. The van der Waals surface area contributed by atoms with Gasteiger partial charge >= 0.3 is 0 Å². The van der Waals surface area contributed by atoms with Gasteiger partial charge in [0.1, 0.15) is 0 Å². The summed E-state index contributed by atoms with van der Waals surface area (Å²) in [6.07, 6.45) is 0.735. The van der Waals surface area contributed by atoms with Crippen LogP contribution in [0.3, 0.4) is 0 Å². The number of fused-ring (bicyclic) bond motifs is 1. The highest BCUT2D eigenvalue weighted by Gasteiger charge is 2.30. The standard InChI is InChI=1S/C18H19N3O3/c1-2-20(13-7-9-14(10-8-13)21(23)24)18(22)16-11-12-19-17-6-4-3-5-15(16)17/h3-10,16,19H,2,11-12H2,1H3. The number of nitro benzene ring substituents is 1. The van der Waals surface area contributed by atoms with Gasteiger partial charge in [-0.15, -0.1) is 0 Å². The second kappa shape index (κ2) is 6.70. The number of non-ortho nitro benzene ring substituents is 1. The van der Waals surface area contributed by atoms with Gasteiger partial charge in [0.25, 0.3) is 5.69 Å². The van der Waals surface area contributed by atoms with Crippen LogP contribution in [0, 0.1) is 10.1 Å². The molecule has 6 nitrogen and oxygen atoms in total. The fourth-order valence-electron chi connectivity index (χ4n) is 3.13. The molecule has 2 aromatic rings. The SMILES string of the molecule is CCN(C(=O)C1CCNc2ccccc21)c1ccc([N+](=O)[O-])cc1. The first kappa shape index (κ1) is 16.0. The van der Waals surface area contributed by atoms with E-state index in [1.807, 2.05) is 31.2 Å². The number of anilines is 2. The summed E-state index contributed by atoms with van der Waals surface area (Å²) >= 11 is 0. The summed E-state index contributed by atoms with van der Waals surface area (Å²) in [7, 11) is 0. The van der Waals surface area contributed by atoms with Crippen molar-refractivity contribution in [3.05, 3.63) is 64.2 Å². The summed E-state index contributed by atoms with van der Waals surface area (Å²) in [6.45, 7) is 3.18. The Bertz CT molecular complexity index is 758. The molecule has 0 fully saturated rings. The second-order valence-electron chi connectivity index (χ2n) is 5.71. The lowest BCUT2D eigenvalue weighted by molar-refractivity contribution is -0.384. The number of nitrogens with one attached hydrogen (secondary N) is 1. The van der Waals surface area contributed by atoms with E-state index in [-0.39, 0.29) is 17.5 Å². The fraction of sp³-hybridized carbons (Fsp3) is 0.278. The van der Waals surface area contributed by atoms with E-state index in [2.05, 4.69) is 5.32 Å². The predicted molar refractivity (Wildman–Crippen MR) is 93.4 cm³/mol.